The first kappa shape index (κ1) is 18.4. The summed E-state index contributed by atoms with van der Waals surface area (Å²) < 4.78 is 23.7. The van der Waals surface area contributed by atoms with Crippen LogP contribution in [0.3, 0.4) is 0 Å². The zero-order valence-corrected chi connectivity index (χ0v) is 14.1. The summed E-state index contributed by atoms with van der Waals surface area (Å²) in [5.74, 6) is 0.341. The number of rotatable bonds is 8. The minimum atomic E-state index is -3.58. The van der Waals surface area contributed by atoms with E-state index < -0.39 is 17.4 Å². The Morgan fingerprint density at radius 1 is 0.840 bits per heavy atom. The molecule has 0 heterocycles. The number of benzene rings is 2. The smallest absolute Gasteiger partial charge is 0.416 e. The summed E-state index contributed by atoms with van der Waals surface area (Å²) in [5.41, 5.74) is -0.233. The molecule has 0 amide bonds. The van der Waals surface area contributed by atoms with Crippen molar-refractivity contribution in [1.29, 1.82) is 0 Å². The quantitative estimate of drug-likeness (QED) is 0.381. The van der Waals surface area contributed by atoms with Gasteiger partial charge in [0.05, 0.1) is 16.0 Å². The minimum Gasteiger partial charge on any atom is -0.416 e. The van der Waals surface area contributed by atoms with Gasteiger partial charge < -0.3 is 9.05 Å². The first-order valence-electron chi connectivity index (χ1n) is 7.30. The summed E-state index contributed by atoms with van der Waals surface area (Å²) in [6, 6.07) is 10.3. The normalized spacial score (nSPS) is 10.9. The zero-order chi connectivity index (χ0) is 18.4. The highest BCUT2D eigenvalue weighted by Crippen LogP contribution is 2.49. The Hall–Kier alpha value is -2.93. The van der Waals surface area contributed by atoms with Crippen molar-refractivity contribution in [1.82, 2.24) is 0 Å². The fourth-order valence-electron chi connectivity index (χ4n) is 1.96. The Kier molecular flexibility index (Phi) is 5.71. The van der Waals surface area contributed by atoms with Gasteiger partial charge in [-0.05, 0) is 30.7 Å². The molecule has 0 unspecified atom stereocenters. The largest absolute Gasteiger partial charge is 0.430 e. The topological polar surface area (TPSA) is 122 Å². The van der Waals surface area contributed by atoms with Gasteiger partial charge in [-0.3, -0.25) is 20.2 Å². The molecule has 0 aliphatic heterocycles. The predicted octanol–water partition coefficient (Wildman–Crippen LogP) is 4.56. The molecule has 0 aliphatic carbocycles. The van der Waals surface area contributed by atoms with Gasteiger partial charge in [0.15, 0.2) is 0 Å². The predicted molar refractivity (Wildman–Crippen MR) is 90.2 cm³/mol. The summed E-state index contributed by atoms with van der Waals surface area (Å²) in [7, 11) is -3.58. The van der Waals surface area contributed by atoms with E-state index in [4.69, 9.17) is 9.05 Å². The molecule has 2 rings (SSSR count). The summed E-state index contributed by atoms with van der Waals surface area (Å²) in [5, 5.41) is 21.3. The van der Waals surface area contributed by atoms with E-state index in [0.717, 1.165) is 0 Å². The summed E-state index contributed by atoms with van der Waals surface area (Å²) in [6.07, 6.45) is 0.623. The van der Waals surface area contributed by atoms with Gasteiger partial charge in [0.1, 0.15) is 11.5 Å². The van der Waals surface area contributed by atoms with Gasteiger partial charge in [-0.15, -0.1) is 0 Å². The van der Waals surface area contributed by atoms with Gasteiger partial charge in [0.25, 0.3) is 11.4 Å². The highest BCUT2D eigenvalue weighted by molar-refractivity contribution is 7.54. The summed E-state index contributed by atoms with van der Waals surface area (Å²) in [6.45, 7) is 1.80. The second-order valence-corrected chi connectivity index (χ2v) is 7.05. The highest BCUT2D eigenvalue weighted by atomic mass is 31.2. The molecule has 0 aromatic heterocycles. The van der Waals surface area contributed by atoms with Crippen molar-refractivity contribution >= 4 is 19.0 Å². The van der Waals surface area contributed by atoms with E-state index in [1.165, 1.54) is 48.5 Å². The Morgan fingerprint density at radius 2 is 1.20 bits per heavy atom. The van der Waals surface area contributed by atoms with Crippen molar-refractivity contribution in [2.24, 2.45) is 0 Å². The molecule has 10 heteroatoms. The lowest BCUT2D eigenvalue weighted by atomic mass is 10.3. The molecule has 0 spiro atoms. The number of nitrogens with zero attached hydrogens (tertiary/aromatic N) is 2. The SMILES string of the molecule is CCCP(=O)(Oc1ccc([N+](=O)[O-])cc1)Oc1ccc([N+](=O)[O-])cc1. The van der Waals surface area contributed by atoms with Crippen LogP contribution in [0.4, 0.5) is 11.4 Å². The lowest BCUT2D eigenvalue weighted by Gasteiger charge is -2.19. The third-order valence-corrected chi connectivity index (χ3v) is 5.05. The monoisotopic (exact) mass is 366 g/mol. The van der Waals surface area contributed by atoms with Crippen LogP contribution in [0.2, 0.25) is 0 Å². The lowest BCUT2D eigenvalue weighted by molar-refractivity contribution is -0.385. The minimum absolute atomic E-state index is 0.112. The van der Waals surface area contributed by atoms with Crippen molar-refractivity contribution < 1.29 is 23.5 Å². The number of hydrogen-bond acceptors (Lipinski definition) is 7. The third kappa shape index (κ3) is 5.02. The maximum atomic E-state index is 12.9. The maximum Gasteiger partial charge on any atom is 0.430 e. The van der Waals surface area contributed by atoms with E-state index in [2.05, 4.69) is 0 Å². The van der Waals surface area contributed by atoms with Crippen molar-refractivity contribution in [3.05, 3.63) is 68.8 Å². The molecule has 0 atom stereocenters. The molecule has 0 fully saturated rings. The first-order valence-corrected chi connectivity index (χ1v) is 9.03. The van der Waals surface area contributed by atoms with Gasteiger partial charge in [0.2, 0.25) is 0 Å². The van der Waals surface area contributed by atoms with Crippen molar-refractivity contribution in [2.45, 2.75) is 13.3 Å². The molecule has 0 N–H and O–H groups in total. The fraction of sp³-hybridized carbons (Fsp3) is 0.200. The van der Waals surface area contributed by atoms with Crippen LogP contribution in [0.1, 0.15) is 13.3 Å². The average molecular weight is 366 g/mol. The summed E-state index contributed by atoms with van der Waals surface area (Å²) >= 11 is 0. The number of nitro groups is 2. The molecule has 2 aromatic carbocycles. The lowest BCUT2D eigenvalue weighted by Crippen LogP contribution is -2.05. The molecule has 132 valence electrons. The van der Waals surface area contributed by atoms with Crippen LogP contribution in [-0.4, -0.2) is 16.0 Å². The van der Waals surface area contributed by atoms with Crippen LogP contribution in [0.5, 0.6) is 11.5 Å². The standard InChI is InChI=1S/C15H15N2O7P/c1-2-11-25(22,23-14-7-3-12(4-8-14)16(18)19)24-15-9-5-13(6-10-15)17(20)21/h3-10H,2,11H2,1H3. The van der Waals surface area contributed by atoms with Crippen LogP contribution >= 0.6 is 7.60 Å². The van der Waals surface area contributed by atoms with E-state index in [1.54, 1.807) is 6.92 Å². The van der Waals surface area contributed by atoms with Gasteiger partial charge in [-0.1, -0.05) is 6.92 Å². The fourth-order valence-corrected chi connectivity index (χ4v) is 3.62. The van der Waals surface area contributed by atoms with Crippen LogP contribution < -0.4 is 9.05 Å². The summed E-state index contributed by atoms with van der Waals surface area (Å²) in [4.78, 5) is 20.2. The van der Waals surface area contributed by atoms with Gasteiger partial charge >= 0.3 is 7.60 Å². The molecule has 2 aromatic rings. The molecule has 25 heavy (non-hydrogen) atoms. The Balaban J connectivity index is 2.17. The van der Waals surface area contributed by atoms with E-state index >= 15 is 0 Å². The van der Waals surface area contributed by atoms with Gasteiger partial charge in [0, 0.05) is 24.3 Å². The average Bonchev–Trinajstić information content (AvgIpc) is 2.55. The molecule has 0 saturated heterocycles. The molecular weight excluding hydrogens is 351 g/mol. The molecular formula is C15H15N2O7P. The molecule has 0 bridgehead atoms. The molecule has 9 nitrogen and oxygen atoms in total. The molecule has 0 radical (unpaired) electrons. The molecule has 0 saturated carbocycles. The third-order valence-electron chi connectivity index (χ3n) is 3.08. The van der Waals surface area contributed by atoms with E-state index in [1.807, 2.05) is 0 Å². The Bertz CT molecular complexity index is 742. The Labute approximate surface area is 143 Å². The van der Waals surface area contributed by atoms with E-state index in [0.29, 0.717) is 6.42 Å². The van der Waals surface area contributed by atoms with Crippen LogP contribution in [-0.2, 0) is 4.57 Å². The zero-order valence-electron chi connectivity index (χ0n) is 13.2. The highest BCUT2D eigenvalue weighted by Gasteiger charge is 2.27. The van der Waals surface area contributed by atoms with Crippen molar-refractivity contribution in [3.63, 3.8) is 0 Å². The van der Waals surface area contributed by atoms with Gasteiger partial charge in [-0.25, -0.2) is 4.57 Å². The van der Waals surface area contributed by atoms with E-state index in [-0.39, 0.29) is 29.0 Å². The van der Waals surface area contributed by atoms with Crippen LogP contribution in [0, 0.1) is 20.2 Å². The van der Waals surface area contributed by atoms with Crippen LogP contribution in [0.25, 0.3) is 0 Å². The Morgan fingerprint density at radius 3 is 1.48 bits per heavy atom. The van der Waals surface area contributed by atoms with Crippen molar-refractivity contribution in [2.75, 3.05) is 6.16 Å². The molecule has 0 aliphatic rings. The van der Waals surface area contributed by atoms with Crippen molar-refractivity contribution in [3.8, 4) is 11.5 Å². The number of non-ortho nitro benzene ring substituents is 2. The second-order valence-electron chi connectivity index (χ2n) is 5.02. The number of nitro benzene ring substituents is 2. The number of hydrogen-bond donors (Lipinski definition) is 0. The van der Waals surface area contributed by atoms with Gasteiger partial charge in [-0.2, -0.15) is 0 Å². The first-order chi connectivity index (χ1) is 11.8. The maximum absolute atomic E-state index is 12.9. The second kappa shape index (κ2) is 7.76. The van der Waals surface area contributed by atoms with E-state index in [9.17, 15) is 24.8 Å². The van der Waals surface area contributed by atoms with Crippen LogP contribution in [0.15, 0.2) is 48.5 Å².